The highest BCUT2D eigenvalue weighted by Crippen LogP contribution is 1.83. The van der Waals surface area contributed by atoms with Gasteiger partial charge in [-0.3, -0.25) is 9.89 Å². The van der Waals surface area contributed by atoms with Crippen LogP contribution in [0.4, 0.5) is 0 Å². The molecule has 0 aromatic carbocycles. The summed E-state index contributed by atoms with van der Waals surface area (Å²) >= 11 is 0. The molecule has 0 fully saturated rings. The van der Waals surface area contributed by atoms with Gasteiger partial charge in [0.1, 0.15) is 6.33 Å². The van der Waals surface area contributed by atoms with Crippen LogP contribution < -0.4 is 5.32 Å². The summed E-state index contributed by atoms with van der Waals surface area (Å²) in [5.74, 6) is -0.0596. The van der Waals surface area contributed by atoms with Crippen LogP contribution in [-0.2, 0) is 4.74 Å². The summed E-state index contributed by atoms with van der Waals surface area (Å²) in [4.78, 5) is 14.8. The Kier molecular flexibility index (Phi) is 3.21. The number of hydrogen-bond acceptors (Lipinski definition) is 4. The maximum absolute atomic E-state index is 11.1. The molecule has 0 aliphatic heterocycles. The van der Waals surface area contributed by atoms with Crippen LogP contribution in [0, 0.1) is 0 Å². The molecule has 12 heavy (non-hydrogen) atoms. The number of hydrogen-bond donors (Lipinski definition) is 2. The second kappa shape index (κ2) is 4.45. The molecule has 1 heterocycles. The molecular formula is C6H10N4O2. The van der Waals surface area contributed by atoms with Crippen LogP contribution in [0.1, 0.15) is 10.6 Å². The van der Waals surface area contributed by atoms with Crippen molar-refractivity contribution >= 4 is 5.91 Å². The van der Waals surface area contributed by atoms with Gasteiger partial charge in [0.2, 0.25) is 5.82 Å². The third kappa shape index (κ3) is 2.31. The maximum Gasteiger partial charge on any atom is 0.288 e. The lowest BCUT2D eigenvalue weighted by molar-refractivity contribution is 0.0927. The summed E-state index contributed by atoms with van der Waals surface area (Å²) in [7, 11) is 1.57. The summed E-state index contributed by atoms with van der Waals surface area (Å²) in [6.07, 6.45) is 1.28. The fourth-order valence-corrected chi connectivity index (χ4v) is 0.665. The summed E-state index contributed by atoms with van der Waals surface area (Å²) in [6.45, 7) is 0.954. The van der Waals surface area contributed by atoms with Crippen molar-refractivity contribution in [3.63, 3.8) is 0 Å². The summed E-state index contributed by atoms with van der Waals surface area (Å²) in [6, 6.07) is 0. The van der Waals surface area contributed by atoms with Crippen molar-refractivity contribution in [1.29, 1.82) is 0 Å². The first-order chi connectivity index (χ1) is 5.84. The molecule has 6 heteroatoms. The maximum atomic E-state index is 11.1. The molecule has 0 atom stereocenters. The Hall–Kier alpha value is -1.43. The number of H-pyrrole nitrogens is 1. The van der Waals surface area contributed by atoms with Crippen LogP contribution >= 0.6 is 0 Å². The van der Waals surface area contributed by atoms with E-state index < -0.39 is 0 Å². The largest absolute Gasteiger partial charge is 0.383 e. The lowest BCUT2D eigenvalue weighted by atomic mass is 10.5. The third-order valence-electron chi connectivity index (χ3n) is 1.22. The van der Waals surface area contributed by atoms with E-state index in [-0.39, 0.29) is 11.7 Å². The molecule has 6 nitrogen and oxygen atoms in total. The van der Waals surface area contributed by atoms with Crippen molar-refractivity contribution in [2.45, 2.75) is 0 Å². The molecule has 0 spiro atoms. The molecular weight excluding hydrogens is 160 g/mol. The van der Waals surface area contributed by atoms with Gasteiger partial charge in [0.15, 0.2) is 0 Å². The monoisotopic (exact) mass is 170 g/mol. The van der Waals surface area contributed by atoms with E-state index in [1.165, 1.54) is 6.33 Å². The summed E-state index contributed by atoms with van der Waals surface area (Å²) in [5.41, 5.74) is 0. The van der Waals surface area contributed by atoms with Crippen molar-refractivity contribution in [3.05, 3.63) is 12.2 Å². The minimum Gasteiger partial charge on any atom is -0.383 e. The standard InChI is InChI=1S/C6H10N4O2/c1-12-3-2-7-6(11)5-8-4-9-10-5/h4H,2-3H2,1H3,(H,7,11)(H,8,9,10). The van der Waals surface area contributed by atoms with Gasteiger partial charge in [-0.25, -0.2) is 4.98 Å². The molecule has 0 radical (unpaired) electrons. The first-order valence-electron chi connectivity index (χ1n) is 3.47. The van der Waals surface area contributed by atoms with E-state index in [4.69, 9.17) is 4.74 Å². The molecule has 1 amide bonds. The number of nitrogens with one attached hydrogen (secondary N) is 2. The molecule has 2 N–H and O–H groups in total. The van der Waals surface area contributed by atoms with E-state index in [1.807, 2.05) is 0 Å². The zero-order valence-corrected chi connectivity index (χ0v) is 6.70. The van der Waals surface area contributed by atoms with E-state index in [0.29, 0.717) is 13.2 Å². The van der Waals surface area contributed by atoms with Gasteiger partial charge in [-0.2, -0.15) is 5.10 Å². The average molecular weight is 170 g/mol. The number of nitrogens with zero attached hydrogens (tertiary/aromatic N) is 2. The Morgan fingerprint density at radius 3 is 3.25 bits per heavy atom. The number of carbonyl (C=O) groups is 1. The average Bonchev–Trinajstić information content (AvgIpc) is 2.56. The number of aromatic amines is 1. The van der Waals surface area contributed by atoms with Crippen LogP contribution in [0.5, 0.6) is 0 Å². The van der Waals surface area contributed by atoms with Gasteiger partial charge >= 0.3 is 0 Å². The normalized spacial score (nSPS) is 9.75. The molecule has 0 saturated carbocycles. The Bertz CT molecular complexity index is 234. The minimum atomic E-state index is -0.274. The van der Waals surface area contributed by atoms with Crippen LogP contribution in [0.2, 0.25) is 0 Å². The van der Waals surface area contributed by atoms with E-state index >= 15 is 0 Å². The highest BCUT2D eigenvalue weighted by atomic mass is 16.5. The molecule has 0 aliphatic rings. The Morgan fingerprint density at radius 2 is 2.67 bits per heavy atom. The fourth-order valence-electron chi connectivity index (χ4n) is 0.665. The number of rotatable bonds is 4. The van der Waals surface area contributed by atoms with Gasteiger partial charge in [-0.1, -0.05) is 0 Å². The molecule has 0 aliphatic carbocycles. The van der Waals surface area contributed by atoms with Gasteiger partial charge in [-0.05, 0) is 0 Å². The van der Waals surface area contributed by atoms with E-state index in [1.54, 1.807) is 7.11 Å². The molecule has 0 bridgehead atoms. The zero-order chi connectivity index (χ0) is 8.81. The molecule has 66 valence electrons. The number of aromatic nitrogens is 3. The van der Waals surface area contributed by atoms with Gasteiger partial charge in [-0.15, -0.1) is 0 Å². The van der Waals surface area contributed by atoms with Gasteiger partial charge in [0, 0.05) is 13.7 Å². The number of ether oxygens (including phenoxy) is 1. The SMILES string of the molecule is COCCNC(=O)c1ncn[nH]1. The smallest absolute Gasteiger partial charge is 0.288 e. The van der Waals surface area contributed by atoms with E-state index in [2.05, 4.69) is 20.5 Å². The third-order valence-corrected chi connectivity index (χ3v) is 1.22. The molecule has 1 aromatic rings. The second-order valence-corrected chi connectivity index (χ2v) is 2.08. The second-order valence-electron chi connectivity index (χ2n) is 2.08. The van der Waals surface area contributed by atoms with Gasteiger partial charge < -0.3 is 10.1 Å². The lowest BCUT2D eigenvalue weighted by Crippen LogP contribution is -2.27. The molecule has 1 rings (SSSR count). The topological polar surface area (TPSA) is 79.9 Å². The van der Waals surface area contributed by atoms with Crippen molar-refractivity contribution < 1.29 is 9.53 Å². The molecule has 1 aromatic heterocycles. The van der Waals surface area contributed by atoms with Gasteiger partial charge in [0.05, 0.1) is 6.61 Å². The highest BCUT2D eigenvalue weighted by molar-refractivity contribution is 5.90. The van der Waals surface area contributed by atoms with Crippen LogP contribution in [0.3, 0.4) is 0 Å². The summed E-state index contributed by atoms with van der Waals surface area (Å²) in [5, 5.41) is 8.58. The summed E-state index contributed by atoms with van der Waals surface area (Å²) < 4.78 is 4.75. The van der Waals surface area contributed by atoms with E-state index in [0.717, 1.165) is 0 Å². The Labute approximate surface area is 69.3 Å². The van der Waals surface area contributed by atoms with Crippen molar-refractivity contribution in [2.24, 2.45) is 0 Å². The predicted octanol–water partition coefficient (Wildman–Crippen LogP) is -0.819. The van der Waals surface area contributed by atoms with Crippen LogP contribution in [0.25, 0.3) is 0 Å². The Morgan fingerprint density at radius 1 is 1.83 bits per heavy atom. The first-order valence-corrected chi connectivity index (χ1v) is 3.47. The van der Waals surface area contributed by atoms with Crippen LogP contribution in [-0.4, -0.2) is 41.3 Å². The minimum absolute atomic E-state index is 0.214. The number of methoxy groups -OCH3 is 1. The number of amides is 1. The highest BCUT2D eigenvalue weighted by Gasteiger charge is 2.05. The lowest BCUT2D eigenvalue weighted by Gasteiger charge is -2.00. The van der Waals surface area contributed by atoms with Crippen molar-refractivity contribution in [1.82, 2.24) is 20.5 Å². The van der Waals surface area contributed by atoms with Crippen LogP contribution in [0.15, 0.2) is 6.33 Å². The van der Waals surface area contributed by atoms with Crippen molar-refractivity contribution in [2.75, 3.05) is 20.3 Å². The first kappa shape index (κ1) is 8.66. The quantitative estimate of drug-likeness (QED) is 0.578. The zero-order valence-electron chi connectivity index (χ0n) is 6.70. The van der Waals surface area contributed by atoms with Crippen molar-refractivity contribution in [3.8, 4) is 0 Å². The van der Waals surface area contributed by atoms with E-state index in [9.17, 15) is 4.79 Å². The van der Waals surface area contributed by atoms with Gasteiger partial charge in [0.25, 0.3) is 5.91 Å². The Balaban J connectivity index is 2.30. The predicted molar refractivity (Wildman–Crippen MR) is 40.6 cm³/mol. The fraction of sp³-hybridized carbons (Fsp3) is 0.500. The molecule has 0 unspecified atom stereocenters. The number of carbonyl (C=O) groups excluding carboxylic acids is 1. The molecule has 0 saturated heterocycles.